The second-order valence-electron chi connectivity index (χ2n) is 11.1. The van der Waals surface area contributed by atoms with Gasteiger partial charge in [0.25, 0.3) is 5.56 Å². The van der Waals surface area contributed by atoms with Crippen molar-refractivity contribution in [1.29, 1.82) is 0 Å². The molecule has 0 aliphatic carbocycles. The summed E-state index contributed by atoms with van der Waals surface area (Å²) in [5.41, 5.74) is 5.59. The molecular formula is C35H32N6O4. The average Bonchev–Trinajstić information content (AvgIpc) is 3.52. The van der Waals surface area contributed by atoms with Crippen LogP contribution in [0.3, 0.4) is 0 Å². The Morgan fingerprint density at radius 1 is 0.978 bits per heavy atom. The maximum absolute atomic E-state index is 13.7. The lowest BCUT2D eigenvalue weighted by Gasteiger charge is -2.24. The Hall–Kier alpha value is -5.48. The fourth-order valence-electron chi connectivity index (χ4n) is 5.91. The summed E-state index contributed by atoms with van der Waals surface area (Å²) in [4.78, 5) is 37.6. The van der Waals surface area contributed by atoms with E-state index in [1.54, 1.807) is 24.3 Å². The minimum atomic E-state index is -0.972. The van der Waals surface area contributed by atoms with Gasteiger partial charge in [0.1, 0.15) is 23.6 Å². The molecule has 7 rings (SSSR count). The summed E-state index contributed by atoms with van der Waals surface area (Å²) in [5.74, 6) is -0.493. The number of aromatic amines is 1. The molecule has 0 amide bonds. The lowest BCUT2D eigenvalue weighted by atomic mass is 10.0. The summed E-state index contributed by atoms with van der Waals surface area (Å²) in [6.07, 6.45) is 4.96. The number of imidazole rings is 1. The smallest absolute Gasteiger partial charge is 0.335 e. The van der Waals surface area contributed by atoms with Crippen LogP contribution in [-0.2, 0) is 11.3 Å². The molecule has 1 fully saturated rings. The first-order valence-corrected chi connectivity index (χ1v) is 15.0. The zero-order valence-electron chi connectivity index (χ0n) is 24.4. The molecule has 4 aromatic carbocycles. The van der Waals surface area contributed by atoms with E-state index in [0.29, 0.717) is 29.0 Å². The third-order valence-electron chi connectivity index (χ3n) is 8.21. The molecular weight excluding hydrogens is 568 g/mol. The van der Waals surface area contributed by atoms with Gasteiger partial charge in [-0.2, -0.15) is 0 Å². The van der Waals surface area contributed by atoms with Crippen molar-refractivity contribution in [3.8, 4) is 0 Å². The zero-order valence-corrected chi connectivity index (χ0v) is 24.4. The Kier molecular flexibility index (Phi) is 7.71. The number of fused-ring (bicyclic) bond motifs is 2. The van der Waals surface area contributed by atoms with Gasteiger partial charge in [-0.15, -0.1) is 0 Å². The van der Waals surface area contributed by atoms with E-state index in [2.05, 4.69) is 20.2 Å². The second kappa shape index (κ2) is 12.3. The number of para-hydroxylation sites is 1. The highest BCUT2D eigenvalue weighted by Gasteiger charge is 2.23. The Labute approximate surface area is 258 Å². The molecule has 0 saturated carbocycles. The molecule has 0 spiro atoms. The number of rotatable bonds is 9. The van der Waals surface area contributed by atoms with Gasteiger partial charge in [-0.05, 0) is 66.8 Å². The summed E-state index contributed by atoms with van der Waals surface area (Å²) in [7, 11) is 0. The zero-order chi connectivity index (χ0) is 30.8. The SMILES string of the molecule is O=C(O)c1ccc(CNc2cccc3nc([C@@H](Nc4cccc5c4ncn5C4CCCCO4)c4ccccc4)[nH]c(=O)c23)cc1. The maximum atomic E-state index is 13.7. The fourth-order valence-corrected chi connectivity index (χ4v) is 5.91. The van der Waals surface area contributed by atoms with Crippen LogP contribution in [0.1, 0.15) is 58.8 Å². The van der Waals surface area contributed by atoms with E-state index < -0.39 is 12.0 Å². The van der Waals surface area contributed by atoms with Gasteiger partial charge in [-0.3, -0.25) is 4.79 Å². The van der Waals surface area contributed by atoms with Crippen molar-refractivity contribution < 1.29 is 14.6 Å². The van der Waals surface area contributed by atoms with Crippen LogP contribution in [-0.4, -0.2) is 37.2 Å². The first kappa shape index (κ1) is 28.3. The van der Waals surface area contributed by atoms with Crippen LogP contribution in [0.15, 0.2) is 102 Å². The number of hydrogen-bond acceptors (Lipinski definition) is 7. The van der Waals surface area contributed by atoms with Gasteiger partial charge in [0, 0.05) is 18.8 Å². The molecule has 1 unspecified atom stereocenters. The van der Waals surface area contributed by atoms with Gasteiger partial charge in [-0.25, -0.2) is 14.8 Å². The molecule has 0 bridgehead atoms. The lowest BCUT2D eigenvalue weighted by Crippen LogP contribution is -2.21. The van der Waals surface area contributed by atoms with E-state index in [4.69, 9.17) is 14.7 Å². The van der Waals surface area contributed by atoms with Crippen LogP contribution < -0.4 is 16.2 Å². The highest BCUT2D eigenvalue weighted by atomic mass is 16.5. The minimum Gasteiger partial charge on any atom is -0.478 e. The molecule has 45 heavy (non-hydrogen) atoms. The van der Waals surface area contributed by atoms with Crippen molar-refractivity contribution in [3.05, 3.63) is 130 Å². The molecule has 1 aliphatic rings. The Balaban J connectivity index is 1.22. The Morgan fingerprint density at radius 3 is 2.56 bits per heavy atom. The van der Waals surface area contributed by atoms with Crippen LogP contribution in [0.4, 0.5) is 11.4 Å². The largest absolute Gasteiger partial charge is 0.478 e. The number of aromatic carboxylic acids is 1. The normalized spacial score (nSPS) is 15.6. The number of benzene rings is 4. The Bertz CT molecular complexity index is 2030. The van der Waals surface area contributed by atoms with Gasteiger partial charge >= 0.3 is 5.97 Å². The number of aromatic nitrogens is 4. The van der Waals surface area contributed by atoms with Gasteiger partial charge < -0.3 is 30.0 Å². The summed E-state index contributed by atoms with van der Waals surface area (Å²) in [6, 6.07) is 27.6. The predicted octanol–water partition coefficient (Wildman–Crippen LogP) is 6.48. The monoisotopic (exact) mass is 600 g/mol. The van der Waals surface area contributed by atoms with Crippen LogP contribution >= 0.6 is 0 Å². The first-order chi connectivity index (χ1) is 22.0. The number of ether oxygens (including phenoxy) is 1. The topological polar surface area (TPSA) is 134 Å². The van der Waals surface area contributed by atoms with E-state index in [0.717, 1.165) is 53.7 Å². The highest BCUT2D eigenvalue weighted by molar-refractivity contribution is 5.91. The van der Waals surface area contributed by atoms with E-state index >= 15 is 0 Å². The van der Waals surface area contributed by atoms with Crippen molar-refractivity contribution in [3.63, 3.8) is 0 Å². The van der Waals surface area contributed by atoms with Gasteiger partial charge in [-0.1, -0.05) is 54.6 Å². The molecule has 2 aromatic heterocycles. The van der Waals surface area contributed by atoms with Crippen molar-refractivity contribution >= 4 is 39.3 Å². The van der Waals surface area contributed by atoms with Crippen LogP contribution in [0.5, 0.6) is 0 Å². The first-order valence-electron chi connectivity index (χ1n) is 15.0. The molecule has 1 aliphatic heterocycles. The number of carbonyl (C=O) groups is 1. The van der Waals surface area contributed by atoms with E-state index in [-0.39, 0.29) is 17.4 Å². The number of carboxylic acids is 1. The van der Waals surface area contributed by atoms with Crippen molar-refractivity contribution in [2.24, 2.45) is 0 Å². The summed E-state index contributed by atoms with van der Waals surface area (Å²) in [5, 5.41) is 16.6. The number of carboxylic acid groups (broad SMARTS) is 1. The summed E-state index contributed by atoms with van der Waals surface area (Å²) < 4.78 is 8.14. The molecule has 1 saturated heterocycles. The van der Waals surface area contributed by atoms with Crippen molar-refractivity contribution in [2.75, 3.05) is 17.2 Å². The number of anilines is 2. The van der Waals surface area contributed by atoms with Crippen LogP contribution in [0.25, 0.3) is 21.9 Å². The molecule has 3 heterocycles. The van der Waals surface area contributed by atoms with Crippen molar-refractivity contribution in [1.82, 2.24) is 19.5 Å². The predicted molar refractivity (Wildman–Crippen MR) is 174 cm³/mol. The van der Waals surface area contributed by atoms with E-state index in [9.17, 15) is 14.7 Å². The number of hydrogen-bond donors (Lipinski definition) is 4. The summed E-state index contributed by atoms with van der Waals surface area (Å²) >= 11 is 0. The van der Waals surface area contributed by atoms with Gasteiger partial charge in [0.05, 0.1) is 34.0 Å². The van der Waals surface area contributed by atoms with Crippen molar-refractivity contribution in [2.45, 2.75) is 38.1 Å². The molecule has 10 heteroatoms. The molecule has 6 aromatic rings. The highest BCUT2D eigenvalue weighted by Crippen LogP contribution is 2.32. The summed E-state index contributed by atoms with van der Waals surface area (Å²) in [6.45, 7) is 1.16. The van der Waals surface area contributed by atoms with Gasteiger partial charge in [0.2, 0.25) is 0 Å². The minimum absolute atomic E-state index is 0.0330. The van der Waals surface area contributed by atoms with Gasteiger partial charge in [0.15, 0.2) is 0 Å². The Morgan fingerprint density at radius 2 is 1.78 bits per heavy atom. The standard InChI is InChI=1S/C35H32N6O4/c42-34-30-25(36-20-22-15-17-24(18-16-22)35(43)44)10-6-11-26(30)39-33(40-34)31(23-8-2-1-3-9-23)38-27-12-7-13-28-32(27)37-21-41(28)29-14-4-5-19-45-29/h1-3,6-13,15-18,21,29,31,36,38H,4-5,14,19-20H2,(H,43,44)(H,39,40,42)/t29?,31-/m0/s1. The quantitative estimate of drug-likeness (QED) is 0.148. The fraction of sp³-hybridized carbons (Fsp3) is 0.200. The second-order valence-corrected chi connectivity index (χ2v) is 11.1. The van der Waals surface area contributed by atoms with E-state index in [1.807, 2.05) is 73.1 Å². The molecule has 226 valence electrons. The number of nitrogens with one attached hydrogen (secondary N) is 3. The molecule has 2 atom stereocenters. The molecule has 4 N–H and O–H groups in total. The van der Waals surface area contributed by atoms with E-state index in [1.165, 1.54) is 0 Å². The average molecular weight is 601 g/mol. The molecule has 10 nitrogen and oxygen atoms in total. The number of H-pyrrole nitrogens is 1. The van der Waals surface area contributed by atoms with Crippen LogP contribution in [0.2, 0.25) is 0 Å². The number of nitrogens with zero attached hydrogens (tertiary/aromatic N) is 3. The molecule has 0 radical (unpaired) electrons. The third-order valence-corrected chi connectivity index (χ3v) is 8.21. The third kappa shape index (κ3) is 5.75. The maximum Gasteiger partial charge on any atom is 0.335 e. The van der Waals surface area contributed by atoms with Crippen LogP contribution in [0, 0.1) is 0 Å². The lowest BCUT2D eigenvalue weighted by molar-refractivity contribution is -0.0295.